The summed E-state index contributed by atoms with van der Waals surface area (Å²) < 4.78 is 0. The molecule has 0 aliphatic rings. The van der Waals surface area contributed by atoms with Crippen LogP contribution in [0.3, 0.4) is 0 Å². The maximum atomic E-state index is 2.18. The molecule has 1 heteroatoms. The van der Waals surface area contributed by atoms with Crippen LogP contribution in [0.25, 0.3) is 21.5 Å². The van der Waals surface area contributed by atoms with E-state index in [1.165, 1.54) is 21.5 Å². The molecule has 0 atom stereocenters. The van der Waals surface area contributed by atoms with E-state index in [-0.39, 0.29) is 26.2 Å². The quantitative estimate of drug-likeness (QED) is 0.409. The minimum Gasteiger partial charge on any atom is -0.0616 e. The van der Waals surface area contributed by atoms with Crippen molar-refractivity contribution >= 4 is 47.7 Å². The van der Waals surface area contributed by atoms with Crippen LogP contribution in [0, 0.1) is 0 Å². The Hall–Kier alpha value is -0.937. The molecule has 0 fully saturated rings. The molecule has 0 nitrogen and oxygen atoms in total. The van der Waals surface area contributed by atoms with Gasteiger partial charge in [0, 0.05) is 26.2 Å². The van der Waals surface area contributed by atoms with Gasteiger partial charge in [-0.2, -0.15) is 0 Å². The minimum atomic E-state index is 0. The van der Waals surface area contributed by atoms with Gasteiger partial charge in [-0.1, -0.05) is 60.7 Å². The largest absolute Gasteiger partial charge is 0.0616 e. The number of rotatable bonds is 0. The third-order valence-electron chi connectivity index (χ3n) is 2.65. The zero-order valence-corrected chi connectivity index (χ0v) is 11.7. The van der Waals surface area contributed by atoms with Gasteiger partial charge >= 0.3 is 0 Å². The summed E-state index contributed by atoms with van der Waals surface area (Å²) >= 11 is 0. The van der Waals surface area contributed by atoms with Crippen LogP contribution in [-0.4, -0.2) is 26.2 Å². The van der Waals surface area contributed by atoms with Gasteiger partial charge in [-0.25, -0.2) is 0 Å². The molecule has 3 rings (SSSR count). The second-order valence-corrected chi connectivity index (χ2v) is 3.51. The third kappa shape index (κ3) is 1.77. The molecule has 0 saturated heterocycles. The van der Waals surface area contributed by atoms with E-state index in [0.29, 0.717) is 0 Å². The summed E-state index contributed by atoms with van der Waals surface area (Å²) in [4.78, 5) is 0. The summed E-state index contributed by atoms with van der Waals surface area (Å²) in [6.45, 7) is 0. The maximum Gasteiger partial charge on any atom is 0 e. The number of benzene rings is 3. The van der Waals surface area contributed by atoms with Gasteiger partial charge in [-0.3, -0.25) is 0 Å². The maximum absolute atomic E-state index is 2.18. The molecule has 0 N–H and O–H groups in total. The summed E-state index contributed by atoms with van der Waals surface area (Å²) in [5.74, 6) is 0. The van der Waals surface area contributed by atoms with Crippen LogP contribution in [0.4, 0.5) is 0 Å². The van der Waals surface area contributed by atoms with Crippen molar-refractivity contribution in [3.8, 4) is 0 Å². The number of hydrogen-bond donors (Lipinski definition) is 0. The van der Waals surface area contributed by atoms with E-state index < -0.39 is 0 Å². The van der Waals surface area contributed by atoms with Gasteiger partial charge in [0.1, 0.15) is 0 Å². The van der Waals surface area contributed by atoms with E-state index in [9.17, 15) is 0 Å². The molecule has 0 spiro atoms. The topological polar surface area (TPSA) is 0 Å². The van der Waals surface area contributed by atoms with Gasteiger partial charge in [0.15, 0.2) is 0 Å². The van der Waals surface area contributed by atoms with Gasteiger partial charge in [-0.05, 0) is 21.5 Å². The van der Waals surface area contributed by atoms with E-state index in [1.54, 1.807) is 0 Å². The van der Waals surface area contributed by atoms with Crippen LogP contribution in [-0.2, 0) is 0 Å². The van der Waals surface area contributed by atoms with Gasteiger partial charge in [0.2, 0.25) is 0 Å². The van der Waals surface area contributed by atoms with Gasteiger partial charge in [-0.15, -0.1) is 0 Å². The average Bonchev–Trinajstić information content (AvgIpc) is 2.29. The van der Waals surface area contributed by atoms with E-state index in [0.717, 1.165) is 0 Å². The zero-order valence-electron chi connectivity index (χ0n) is 8.22. The van der Waals surface area contributed by atoms with Gasteiger partial charge < -0.3 is 0 Å². The first-order valence-corrected chi connectivity index (χ1v) is 4.82. The van der Waals surface area contributed by atoms with E-state index in [4.69, 9.17) is 0 Å². The molecular formula is C14H10Bi. The summed E-state index contributed by atoms with van der Waals surface area (Å²) in [5, 5.41) is 5.30. The van der Waals surface area contributed by atoms with E-state index >= 15 is 0 Å². The Morgan fingerprint density at radius 3 is 1.33 bits per heavy atom. The smallest absolute Gasteiger partial charge is 0 e. The molecule has 71 valence electrons. The Morgan fingerprint density at radius 2 is 0.867 bits per heavy atom. The second-order valence-electron chi connectivity index (χ2n) is 3.51. The van der Waals surface area contributed by atoms with E-state index in [2.05, 4.69) is 60.7 Å². The van der Waals surface area contributed by atoms with Crippen LogP contribution in [0.1, 0.15) is 0 Å². The van der Waals surface area contributed by atoms with Crippen LogP contribution >= 0.6 is 0 Å². The van der Waals surface area contributed by atoms with Gasteiger partial charge in [0.05, 0.1) is 0 Å². The summed E-state index contributed by atoms with van der Waals surface area (Å²) in [7, 11) is 0. The SMILES string of the molecule is [Bi].c1ccc2c(c1)ccc1ccccc12. The van der Waals surface area contributed by atoms with Crippen molar-refractivity contribution in [2.75, 3.05) is 0 Å². The van der Waals surface area contributed by atoms with Crippen LogP contribution < -0.4 is 0 Å². The summed E-state index contributed by atoms with van der Waals surface area (Å²) in [6, 6.07) is 21.4. The van der Waals surface area contributed by atoms with Crippen LogP contribution in [0.15, 0.2) is 60.7 Å². The molecule has 3 aromatic carbocycles. The molecule has 0 heterocycles. The number of hydrogen-bond acceptors (Lipinski definition) is 0. The Labute approximate surface area is 108 Å². The Bertz CT molecular complexity index is 544. The van der Waals surface area contributed by atoms with Crippen molar-refractivity contribution in [2.24, 2.45) is 0 Å². The molecule has 0 unspecified atom stereocenters. The molecule has 0 aromatic heterocycles. The molecule has 3 radical (unpaired) electrons. The standard InChI is InChI=1S/C14H10.Bi/c1-3-7-13-11(5-1)9-10-12-6-2-4-8-14(12)13;/h1-10H;. The molecular weight excluding hydrogens is 377 g/mol. The van der Waals surface area contributed by atoms with E-state index in [1.807, 2.05) is 0 Å². The Balaban J connectivity index is 0.000000853. The minimum absolute atomic E-state index is 0. The first-order valence-electron chi connectivity index (χ1n) is 4.82. The molecule has 15 heavy (non-hydrogen) atoms. The fourth-order valence-electron chi connectivity index (χ4n) is 1.95. The average molecular weight is 387 g/mol. The fraction of sp³-hybridized carbons (Fsp3) is 0. The van der Waals surface area contributed by atoms with Crippen molar-refractivity contribution < 1.29 is 0 Å². The first kappa shape index (κ1) is 10.6. The second kappa shape index (κ2) is 4.28. The molecule has 0 aliphatic carbocycles. The monoisotopic (exact) mass is 387 g/mol. The Kier molecular flexibility index (Phi) is 3.02. The molecule has 0 bridgehead atoms. The first-order chi connectivity index (χ1) is 6.95. The van der Waals surface area contributed by atoms with Crippen LogP contribution in [0.5, 0.6) is 0 Å². The number of fused-ring (bicyclic) bond motifs is 3. The van der Waals surface area contributed by atoms with Crippen molar-refractivity contribution in [1.82, 2.24) is 0 Å². The molecule has 0 amide bonds. The third-order valence-corrected chi connectivity index (χ3v) is 2.65. The zero-order chi connectivity index (χ0) is 9.38. The van der Waals surface area contributed by atoms with Crippen molar-refractivity contribution in [1.29, 1.82) is 0 Å². The van der Waals surface area contributed by atoms with Crippen molar-refractivity contribution in [2.45, 2.75) is 0 Å². The predicted molar refractivity (Wildman–Crippen MR) is 67.2 cm³/mol. The summed E-state index contributed by atoms with van der Waals surface area (Å²) in [6.07, 6.45) is 0. The normalized spacial score (nSPS) is 10.1. The van der Waals surface area contributed by atoms with Crippen molar-refractivity contribution in [3.63, 3.8) is 0 Å². The van der Waals surface area contributed by atoms with Crippen molar-refractivity contribution in [3.05, 3.63) is 60.7 Å². The fourth-order valence-corrected chi connectivity index (χ4v) is 1.95. The Morgan fingerprint density at radius 1 is 0.467 bits per heavy atom. The van der Waals surface area contributed by atoms with Crippen LogP contribution in [0.2, 0.25) is 0 Å². The molecule has 0 aliphatic heterocycles. The molecule has 3 aromatic rings. The summed E-state index contributed by atoms with van der Waals surface area (Å²) in [5.41, 5.74) is 0. The van der Waals surface area contributed by atoms with Gasteiger partial charge in [0.25, 0.3) is 0 Å². The molecule has 0 saturated carbocycles. The predicted octanol–water partition coefficient (Wildman–Crippen LogP) is 3.61.